The van der Waals surface area contributed by atoms with Crippen LogP contribution in [-0.2, 0) is 14.3 Å². The summed E-state index contributed by atoms with van der Waals surface area (Å²) in [7, 11) is 0. The minimum absolute atomic E-state index is 0.249. The van der Waals surface area contributed by atoms with E-state index in [1.807, 2.05) is 0 Å². The van der Waals surface area contributed by atoms with Gasteiger partial charge in [-0.05, 0) is 51.4 Å². The Balaban J connectivity index is 2.27. The smallest absolute Gasteiger partial charge is 0.249 e. The van der Waals surface area contributed by atoms with Crippen LogP contribution in [0.5, 0.6) is 0 Å². The van der Waals surface area contributed by atoms with Crippen LogP contribution in [0.15, 0.2) is 24.3 Å². The molecule has 1 rings (SSSR count). The Morgan fingerprint density at radius 3 is 1.20 bits per heavy atom. The van der Waals surface area contributed by atoms with Gasteiger partial charge in [0.1, 0.15) is 36.6 Å². The first-order valence-corrected chi connectivity index (χ1v) is 31.7. The van der Waals surface area contributed by atoms with Gasteiger partial charge in [0.05, 0.1) is 25.4 Å². The third kappa shape index (κ3) is 39.9. The molecule has 74 heavy (non-hydrogen) atoms. The zero-order chi connectivity index (χ0) is 54.0. The number of unbranched alkanes of at least 4 members (excludes halogenated alkanes) is 39. The summed E-state index contributed by atoms with van der Waals surface area (Å²) in [6.07, 6.45) is 52.5. The van der Waals surface area contributed by atoms with Crippen LogP contribution in [0.25, 0.3) is 0 Å². The molecule has 0 aromatic rings. The van der Waals surface area contributed by atoms with E-state index in [0.717, 1.165) is 38.5 Å². The normalized spacial score (nSPS) is 19.9. The highest BCUT2D eigenvalue weighted by atomic mass is 16.7. The zero-order valence-electron chi connectivity index (χ0n) is 48.1. The van der Waals surface area contributed by atoms with Gasteiger partial charge in [-0.1, -0.05) is 276 Å². The lowest BCUT2D eigenvalue weighted by Gasteiger charge is -2.40. The van der Waals surface area contributed by atoms with Gasteiger partial charge >= 0.3 is 0 Å². The van der Waals surface area contributed by atoms with Gasteiger partial charge in [-0.3, -0.25) is 4.79 Å². The molecule has 0 aromatic carbocycles. The Hall–Kier alpha value is -1.41. The fraction of sp³-hybridized carbons (Fsp3) is 0.921. The standard InChI is InChI=1S/C63H121NO10/c1-3-5-7-9-11-13-15-17-19-21-23-24-25-26-27-28-29-30-31-32-33-35-36-38-40-42-44-46-48-50-55(66)58(68)54(53-73-63-61(71)60(70)59(69)57(52-65)74-63)64-62(72)56(67)51-49-47-45-43-41-39-37-34-22-20-18-16-14-12-10-8-6-4-2/h35-36,42,44,54-61,63,65-71H,3-34,37-41,43,45-53H2,1-2H3,(H,64,72)/b36-35+,44-42+. The molecule has 8 N–H and O–H groups in total. The third-order valence-corrected chi connectivity index (χ3v) is 15.5. The fourth-order valence-electron chi connectivity index (χ4n) is 10.3. The summed E-state index contributed by atoms with van der Waals surface area (Å²) in [5.74, 6) is -0.705. The quantitative estimate of drug-likeness (QED) is 0.0215. The molecule has 0 aliphatic carbocycles. The maximum atomic E-state index is 13.2. The lowest BCUT2D eigenvalue weighted by molar-refractivity contribution is -0.303. The van der Waals surface area contributed by atoms with Crippen molar-refractivity contribution >= 4 is 5.91 Å². The number of carbonyl (C=O) groups excluding carboxylic acids is 1. The number of amides is 1. The van der Waals surface area contributed by atoms with Gasteiger partial charge in [0.15, 0.2) is 6.29 Å². The molecule has 1 aliphatic rings. The summed E-state index contributed by atoms with van der Waals surface area (Å²) in [5, 5.41) is 76.2. The van der Waals surface area contributed by atoms with Gasteiger partial charge in [-0.25, -0.2) is 0 Å². The minimum atomic E-state index is -1.67. The molecular formula is C63H121NO10. The van der Waals surface area contributed by atoms with Crippen molar-refractivity contribution in [3.8, 4) is 0 Å². The second kappa shape index (κ2) is 52.3. The highest BCUT2D eigenvalue weighted by molar-refractivity contribution is 5.80. The molecule has 11 nitrogen and oxygen atoms in total. The van der Waals surface area contributed by atoms with E-state index in [1.54, 1.807) is 0 Å². The van der Waals surface area contributed by atoms with Gasteiger partial charge in [0.2, 0.25) is 5.91 Å². The maximum absolute atomic E-state index is 13.2. The Bertz CT molecular complexity index is 1250. The number of aliphatic hydroxyl groups is 7. The van der Waals surface area contributed by atoms with Crippen LogP contribution < -0.4 is 5.32 Å². The van der Waals surface area contributed by atoms with E-state index in [0.29, 0.717) is 19.3 Å². The number of nitrogens with one attached hydrogen (secondary N) is 1. The topological polar surface area (TPSA) is 189 Å². The summed E-state index contributed by atoms with van der Waals surface area (Å²) < 4.78 is 11.1. The third-order valence-electron chi connectivity index (χ3n) is 15.5. The van der Waals surface area contributed by atoms with Crippen LogP contribution in [0.2, 0.25) is 0 Å². The van der Waals surface area contributed by atoms with Crippen LogP contribution in [0, 0.1) is 0 Å². The molecule has 1 amide bonds. The Morgan fingerprint density at radius 2 is 0.811 bits per heavy atom. The zero-order valence-corrected chi connectivity index (χ0v) is 48.1. The molecule has 0 saturated carbocycles. The molecule has 0 aromatic heterocycles. The maximum Gasteiger partial charge on any atom is 0.249 e. The van der Waals surface area contributed by atoms with Gasteiger partial charge in [0, 0.05) is 0 Å². The van der Waals surface area contributed by atoms with E-state index in [2.05, 4.69) is 43.5 Å². The molecule has 9 atom stereocenters. The van der Waals surface area contributed by atoms with Crippen LogP contribution in [0.1, 0.15) is 303 Å². The first-order chi connectivity index (χ1) is 36.2. The number of allylic oxidation sites excluding steroid dienone is 4. The van der Waals surface area contributed by atoms with Gasteiger partial charge in [-0.2, -0.15) is 0 Å². The molecular weight excluding hydrogens is 931 g/mol. The van der Waals surface area contributed by atoms with E-state index >= 15 is 0 Å². The van der Waals surface area contributed by atoms with Gasteiger partial charge in [-0.15, -0.1) is 0 Å². The summed E-state index contributed by atoms with van der Waals surface area (Å²) >= 11 is 0. The van der Waals surface area contributed by atoms with E-state index in [-0.39, 0.29) is 12.8 Å². The van der Waals surface area contributed by atoms with Crippen LogP contribution in [-0.4, -0.2) is 110 Å². The number of hydrogen-bond acceptors (Lipinski definition) is 10. The molecule has 1 saturated heterocycles. The van der Waals surface area contributed by atoms with Crippen LogP contribution >= 0.6 is 0 Å². The number of rotatable bonds is 55. The largest absolute Gasteiger partial charge is 0.394 e. The molecule has 1 aliphatic heterocycles. The molecule has 11 heteroatoms. The average molecular weight is 1050 g/mol. The summed E-state index contributed by atoms with van der Waals surface area (Å²) in [6.45, 7) is 3.48. The monoisotopic (exact) mass is 1050 g/mol. The second-order valence-electron chi connectivity index (χ2n) is 22.5. The lowest BCUT2D eigenvalue weighted by Crippen LogP contribution is -2.60. The average Bonchev–Trinajstić information content (AvgIpc) is 3.40. The van der Waals surface area contributed by atoms with Crippen LogP contribution in [0.4, 0.5) is 0 Å². The molecule has 9 unspecified atom stereocenters. The first-order valence-electron chi connectivity index (χ1n) is 31.7. The minimum Gasteiger partial charge on any atom is -0.394 e. The molecule has 0 bridgehead atoms. The van der Waals surface area contributed by atoms with Crippen molar-refractivity contribution in [3.05, 3.63) is 24.3 Å². The fourth-order valence-corrected chi connectivity index (χ4v) is 10.3. The SMILES string of the molecule is CCCCCCCCCCCCCCCCCCCCCC/C=C/CC/C=C/CCCC(O)C(O)C(COC1OC(CO)C(O)C(O)C1O)NC(=O)C(O)CCCCCCCCCCCCCCCCCCCC. The van der Waals surface area contributed by atoms with Crippen molar-refractivity contribution < 1.29 is 50.0 Å². The number of ether oxygens (including phenoxy) is 2. The Labute approximate surface area is 454 Å². The molecule has 1 fully saturated rings. The van der Waals surface area contributed by atoms with Crippen molar-refractivity contribution in [1.82, 2.24) is 5.32 Å². The second-order valence-corrected chi connectivity index (χ2v) is 22.5. The van der Waals surface area contributed by atoms with Crippen molar-refractivity contribution in [3.63, 3.8) is 0 Å². The molecule has 438 valence electrons. The van der Waals surface area contributed by atoms with Crippen molar-refractivity contribution in [2.45, 2.75) is 358 Å². The predicted octanol–water partition coefficient (Wildman–Crippen LogP) is 14.1. The van der Waals surface area contributed by atoms with Crippen molar-refractivity contribution in [1.29, 1.82) is 0 Å². The van der Waals surface area contributed by atoms with E-state index in [4.69, 9.17) is 9.47 Å². The van der Waals surface area contributed by atoms with Crippen molar-refractivity contribution in [2.24, 2.45) is 0 Å². The number of aliphatic hydroxyl groups excluding tert-OH is 7. The van der Waals surface area contributed by atoms with Crippen LogP contribution in [0.3, 0.4) is 0 Å². The summed E-state index contributed by atoms with van der Waals surface area (Å²) in [5.41, 5.74) is 0. The summed E-state index contributed by atoms with van der Waals surface area (Å²) in [6, 6.07) is -1.19. The predicted molar refractivity (Wildman–Crippen MR) is 307 cm³/mol. The Kier molecular flexibility index (Phi) is 49.9. The summed E-state index contributed by atoms with van der Waals surface area (Å²) in [4.78, 5) is 13.2. The molecule has 1 heterocycles. The van der Waals surface area contributed by atoms with Gasteiger partial charge in [0.25, 0.3) is 0 Å². The highest BCUT2D eigenvalue weighted by Crippen LogP contribution is 2.24. The highest BCUT2D eigenvalue weighted by Gasteiger charge is 2.44. The Morgan fingerprint density at radius 1 is 0.459 bits per heavy atom. The first kappa shape index (κ1) is 70.6. The lowest BCUT2D eigenvalue weighted by atomic mass is 9.98. The van der Waals surface area contributed by atoms with Gasteiger partial charge < -0.3 is 50.5 Å². The van der Waals surface area contributed by atoms with E-state index < -0.39 is 74.2 Å². The number of carbonyl (C=O) groups is 1. The molecule has 0 radical (unpaired) electrons. The van der Waals surface area contributed by atoms with E-state index in [9.17, 15) is 40.5 Å². The number of hydrogen-bond donors (Lipinski definition) is 8. The molecule has 0 spiro atoms. The van der Waals surface area contributed by atoms with E-state index in [1.165, 1.54) is 218 Å². The van der Waals surface area contributed by atoms with Crippen molar-refractivity contribution in [2.75, 3.05) is 13.2 Å².